The number of carbonyl (C=O) groups excluding carboxylic acids is 4. The van der Waals surface area contributed by atoms with Crippen LogP contribution < -0.4 is 24.4 Å². The summed E-state index contributed by atoms with van der Waals surface area (Å²) in [6.07, 6.45) is 1.33. The van der Waals surface area contributed by atoms with Crippen molar-refractivity contribution in [1.82, 2.24) is 5.32 Å². The molecule has 0 radical (unpaired) electrons. The zero-order valence-electron chi connectivity index (χ0n) is 18.2. The Morgan fingerprint density at radius 1 is 1.00 bits per heavy atom. The maximum atomic E-state index is 13.0. The molecular formula is C23H22N2O8. The van der Waals surface area contributed by atoms with Crippen LogP contribution in [0.15, 0.2) is 48.0 Å². The van der Waals surface area contributed by atoms with Crippen LogP contribution in [-0.2, 0) is 19.1 Å². The van der Waals surface area contributed by atoms with Gasteiger partial charge in [-0.15, -0.1) is 0 Å². The summed E-state index contributed by atoms with van der Waals surface area (Å²) < 4.78 is 20.6. The molecule has 0 unspecified atom stereocenters. The highest BCUT2D eigenvalue weighted by Crippen LogP contribution is 2.30. The number of anilines is 1. The predicted octanol–water partition coefficient (Wildman–Crippen LogP) is 2.31. The van der Waals surface area contributed by atoms with E-state index in [0.717, 1.165) is 4.90 Å². The highest BCUT2D eigenvalue weighted by Gasteiger charge is 2.36. The minimum Gasteiger partial charge on any atom is -0.497 e. The topological polar surface area (TPSA) is 120 Å². The molecule has 0 aromatic heterocycles. The van der Waals surface area contributed by atoms with E-state index in [4.69, 9.17) is 18.9 Å². The second-order valence-electron chi connectivity index (χ2n) is 6.66. The van der Waals surface area contributed by atoms with Gasteiger partial charge in [-0.25, -0.2) is 14.5 Å². The van der Waals surface area contributed by atoms with E-state index in [2.05, 4.69) is 5.32 Å². The maximum Gasteiger partial charge on any atom is 0.344 e. The van der Waals surface area contributed by atoms with E-state index in [-0.39, 0.29) is 36.0 Å². The summed E-state index contributed by atoms with van der Waals surface area (Å²) in [6.45, 7) is 1.62. The fourth-order valence-electron chi connectivity index (χ4n) is 3.02. The maximum absolute atomic E-state index is 13.0. The Balaban J connectivity index is 1.87. The van der Waals surface area contributed by atoms with Crippen LogP contribution in [0.5, 0.6) is 17.2 Å². The van der Waals surface area contributed by atoms with Gasteiger partial charge in [0.15, 0.2) is 18.1 Å². The lowest BCUT2D eigenvalue weighted by atomic mass is 10.1. The fourth-order valence-corrected chi connectivity index (χ4v) is 3.02. The molecule has 4 amide bonds. The Bertz CT molecular complexity index is 1110. The van der Waals surface area contributed by atoms with Gasteiger partial charge in [0.2, 0.25) is 0 Å². The molecule has 1 fully saturated rings. The molecule has 0 saturated carbocycles. The van der Waals surface area contributed by atoms with Gasteiger partial charge in [-0.1, -0.05) is 6.07 Å². The first-order valence-corrected chi connectivity index (χ1v) is 9.90. The third kappa shape index (κ3) is 5.29. The first kappa shape index (κ1) is 23.3. The molecule has 1 saturated heterocycles. The van der Waals surface area contributed by atoms with Crippen molar-refractivity contribution in [2.45, 2.75) is 6.92 Å². The third-order valence-electron chi connectivity index (χ3n) is 4.58. The van der Waals surface area contributed by atoms with Gasteiger partial charge < -0.3 is 18.9 Å². The summed E-state index contributed by atoms with van der Waals surface area (Å²) in [5, 5.41) is 2.16. The summed E-state index contributed by atoms with van der Waals surface area (Å²) in [5.41, 5.74) is 0.475. The van der Waals surface area contributed by atoms with Gasteiger partial charge in [0, 0.05) is 0 Å². The Hall–Kier alpha value is -4.34. The number of rotatable bonds is 8. The number of methoxy groups -OCH3 is 2. The summed E-state index contributed by atoms with van der Waals surface area (Å²) in [6, 6.07) is 10.0. The molecule has 1 heterocycles. The minimum atomic E-state index is -0.854. The smallest absolute Gasteiger partial charge is 0.344 e. The zero-order valence-corrected chi connectivity index (χ0v) is 18.2. The van der Waals surface area contributed by atoms with E-state index in [1.807, 2.05) is 0 Å². The molecule has 1 N–H and O–H groups in total. The Kier molecular flexibility index (Phi) is 7.29. The molecule has 0 atom stereocenters. The number of benzene rings is 2. The van der Waals surface area contributed by atoms with Gasteiger partial charge in [-0.2, -0.15) is 0 Å². The average Bonchev–Trinajstić information content (AvgIpc) is 2.81. The van der Waals surface area contributed by atoms with Crippen LogP contribution >= 0.6 is 0 Å². The van der Waals surface area contributed by atoms with Gasteiger partial charge in [0.1, 0.15) is 11.3 Å². The van der Waals surface area contributed by atoms with E-state index >= 15 is 0 Å². The molecule has 0 spiro atoms. The second-order valence-corrected chi connectivity index (χ2v) is 6.66. The monoisotopic (exact) mass is 454 g/mol. The van der Waals surface area contributed by atoms with Crippen molar-refractivity contribution in [3.63, 3.8) is 0 Å². The molecule has 0 bridgehead atoms. The van der Waals surface area contributed by atoms with Gasteiger partial charge in [-0.05, 0) is 55.0 Å². The Labute approximate surface area is 189 Å². The number of imide groups is 2. The van der Waals surface area contributed by atoms with Crippen molar-refractivity contribution in [3.8, 4) is 17.2 Å². The number of amides is 4. The van der Waals surface area contributed by atoms with E-state index in [0.29, 0.717) is 11.3 Å². The normalized spacial score (nSPS) is 14.7. The number of hydrogen-bond acceptors (Lipinski definition) is 8. The largest absolute Gasteiger partial charge is 0.497 e. The predicted molar refractivity (Wildman–Crippen MR) is 117 cm³/mol. The lowest BCUT2D eigenvalue weighted by Gasteiger charge is -2.26. The number of barbiturate groups is 1. The molecule has 3 rings (SSSR count). The minimum absolute atomic E-state index is 0.234. The zero-order chi connectivity index (χ0) is 24.0. The molecule has 10 heteroatoms. The molecule has 1 aliphatic heterocycles. The van der Waals surface area contributed by atoms with E-state index in [9.17, 15) is 19.2 Å². The van der Waals surface area contributed by atoms with Crippen LogP contribution in [0.1, 0.15) is 12.5 Å². The Morgan fingerprint density at radius 3 is 2.36 bits per heavy atom. The lowest BCUT2D eigenvalue weighted by molar-refractivity contribution is -0.145. The molecule has 33 heavy (non-hydrogen) atoms. The standard InChI is InChI=1S/C23H22N2O8/c1-4-32-20(26)13-33-18-10-5-14(12-19(18)31-3)11-17-21(27)24-23(29)25(22(17)28)15-6-8-16(30-2)9-7-15/h5-12H,4,13H2,1-3H3,(H,24,27,29). The van der Waals surface area contributed by atoms with E-state index < -0.39 is 23.8 Å². The van der Waals surface area contributed by atoms with Gasteiger partial charge in [0.05, 0.1) is 26.5 Å². The number of urea groups is 1. The van der Waals surface area contributed by atoms with Crippen molar-refractivity contribution in [3.05, 3.63) is 53.6 Å². The molecule has 2 aromatic rings. The first-order valence-electron chi connectivity index (χ1n) is 9.90. The van der Waals surface area contributed by atoms with Crippen LogP contribution in [0, 0.1) is 0 Å². The van der Waals surface area contributed by atoms with Gasteiger partial charge >= 0.3 is 12.0 Å². The van der Waals surface area contributed by atoms with Gasteiger partial charge in [0.25, 0.3) is 11.8 Å². The highest BCUT2D eigenvalue weighted by atomic mass is 16.6. The van der Waals surface area contributed by atoms with E-state index in [1.165, 1.54) is 44.6 Å². The number of hydrogen-bond donors (Lipinski definition) is 1. The van der Waals surface area contributed by atoms with E-state index in [1.54, 1.807) is 25.1 Å². The average molecular weight is 454 g/mol. The second kappa shape index (κ2) is 10.3. The van der Waals surface area contributed by atoms with Crippen LogP contribution in [0.25, 0.3) is 6.08 Å². The van der Waals surface area contributed by atoms with Crippen LogP contribution in [-0.4, -0.2) is 51.2 Å². The van der Waals surface area contributed by atoms with Crippen LogP contribution in [0.2, 0.25) is 0 Å². The summed E-state index contributed by atoms with van der Waals surface area (Å²) >= 11 is 0. The number of esters is 1. The van der Waals surface area contributed by atoms with Crippen LogP contribution in [0.4, 0.5) is 10.5 Å². The van der Waals surface area contributed by atoms with Crippen molar-refractivity contribution < 1.29 is 38.1 Å². The highest BCUT2D eigenvalue weighted by molar-refractivity contribution is 6.39. The third-order valence-corrected chi connectivity index (χ3v) is 4.58. The number of nitrogens with zero attached hydrogens (tertiary/aromatic N) is 1. The Morgan fingerprint density at radius 2 is 1.73 bits per heavy atom. The molecule has 172 valence electrons. The lowest BCUT2D eigenvalue weighted by Crippen LogP contribution is -2.54. The molecule has 2 aromatic carbocycles. The van der Waals surface area contributed by atoms with Crippen molar-refractivity contribution in [2.24, 2.45) is 0 Å². The molecular weight excluding hydrogens is 432 g/mol. The van der Waals surface area contributed by atoms with Crippen molar-refractivity contribution >= 4 is 35.6 Å². The number of carbonyl (C=O) groups is 4. The summed E-state index contributed by atoms with van der Waals surface area (Å²) in [7, 11) is 2.90. The summed E-state index contributed by atoms with van der Waals surface area (Å²) in [5.74, 6) is -1.03. The molecule has 0 aliphatic carbocycles. The molecule has 10 nitrogen and oxygen atoms in total. The van der Waals surface area contributed by atoms with Gasteiger partial charge in [-0.3, -0.25) is 14.9 Å². The quantitative estimate of drug-likeness (QED) is 0.367. The van der Waals surface area contributed by atoms with Crippen molar-refractivity contribution in [2.75, 3.05) is 32.3 Å². The number of nitrogens with one attached hydrogen (secondary N) is 1. The van der Waals surface area contributed by atoms with Crippen molar-refractivity contribution in [1.29, 1.82) is 0 Å². The first-order chi connectivity index (χ1) is 15.9. The molecule has 1 aliphatic rings. The summed E-state index contributed by atoms with van der Waals surface area (Å²) in [4.78, 5) is 50.1. The number of ether oxygens (including phenoxy) is 4. The fraction of sp³-hybridized carbons (Fsp3) is 0.217. The SMILES string of the molecule is CCOC(=O)COc1ccc(C=C2C(=O)NC(=O)N(c3ccc(OC)cc3)C2=O)cc1OC. The van der Waals surface area contributed by atoms with Crippen LogP contribution in [0.3, 0.4) is 0 Å².